The van der Waals surface area contributed by atoms with Crippen molar-refractivity contribution in [1.29, 1.82) is 0 Å². The first-order chi connectivity index (χ1) is 15.2. The lowest BCUT2D eigenvalue weighted by Gasteiger charge is -2.35. The predicted molar refractivity (Wildman–Crippen MR) is 121 cm³/mol. The Morgan fingerprint density at radius 2 is 1.94 bits per heavy atom. The maximum Gasteiger partial charge on any atom is 0.319 e. The second kappa shape index (κ2) is 8.47. The van der Waals surface area contributed by atoms with Gasteiger partial charge >= 0.3 is 6.01 Å². The fourth-order valence-electron chi connectivity index (χ4n) is 5.58. The Kier molecular flexibility index (Phi) is 5.95. The molecule has 2 bridgehead atoms. The van der Waals surface area contributed by atoms with Crippen molar-refractivity contribution in [3.8, 4) is 6.01 Å². The lowest BCUT2D eigenvalue weighted by Crippen LogP contribution is -2.46. The van der Waals surface area contributed by atoms with Gasteiger partial charge in [-0.3, -0.25) is 0 Å². The van der Waals surface area contributed by atoms with E-state index in [1.165, 1.54) is 19.3 Å². The maximum atomic E-state index is 15.1. The molecule has 2 saturated heterocycles. The quantitative estimate of drug-likeness (QED) is 0.493. The third kappa shape index (κ3) is 4.40. The molecule has 3 aliphatic rings. The van der Waals surface area contributed by atoms with Crippen LogP contribution in [0.5, 0.6) is 6.01 Å². The van der Waals surface area contributed by atoms with Gasteiger partial charge in [-0.2, -0.15) is 9.97 Å². The number of halogens is 5. The molecular formula is C22H25BrClF3N4O. The summed E-state index contributed by atoms with van der Waals surface area (Å²) in [6.07, 6.45) is 3.35. The lowest BCUT2D eigenvalue weighted by atomic mass is 9.96. The van der Waals surface area contributed by atoms with Gasteiger partial charge in [0.2, 0.25) is 0 Å². The standard InChI is InChI=1S/C22H25BrClF3N4O/c1-30-7-14(6-22(26,27)11-30)10-32-21-28-19-15(5-16(24)17(23)18(19)25)20(29-21)31-8-12-2-3-13(4-12)9-31/h5,12-14H,2-4,6-11H2,1H3. The highest BCUT2D eigenvalue weighted by atomic mass is 79.9. The highest BCUT2D eigenvalue weighted by molar-refractivity contribution is 9.10. The summed E-state index contributed by atoms with van der Waals surface area (Å²) in [5.41, 5.74) is 0.116. The summed E-state index contributed by atoms with van der Waals surface area (Å²) in [6.45, 7) is 1.99. The van der Waals surface area contributed by atoms with Gasteiger partial charge in [0.1, 0.15) is 11.3 Å². The van der Waals surface area contributed by atoms with Crippen LogP contribution in [0.25, 0.3) is 10.9 Å². The molecule has 1 aliphatic carbocycles. The van der Waals surface area contributed by atoms with E-state index in [9.17, 15) is 8.78 Å². The van der Waals surface area contributed by atoms with Crippen LogP contribution in [0.15, 0.2) is 10.5 Å². The molecule has 5 nitrogen and oxygen atoms in total. The van der Waals surface area contributed by atoms with Crippen molar-refractivity contribution in [2.24, 2.45) is 17.8 Å². The van der Waals surface area contributed by atoms with Crippen LogP contribution >= 0.6 is 27.5 Å². The summed E-state index contributed by atoms with van der Waals surface area (Å²) < 4.78 is 48.9. The summed E-state index contributed by atoms with van der Waals surface area (Å²) in [5, 5.41) is 0.786. The van der Waals surface area contributed by atoms with E-state index < -0.39 is 11.7 Å². The number of alkyl halides is 2. The van der Waals surface area contributed by atoms with E-state index in [1.54, 1.807) is 18.0 Å². The molecule has 3 atom stereocenters. The van der Waals surface area contributed by atoms with Crippen molar-refractivity contribution in [3.05, 3.63) is 21.4 Å². The first-order valence-electron chi connectivity index (χ1n) is 11.0. The molecule has 2 aromatic rings. The number of hydrogen-bond donors (Lipinski definition) is 0. The first kappa shape index (κ1) is 22.5. The summed E-state index contributed by atoms with van der Waals surface area (Å²) in [6, 6.07) is 1.69. The second-order valence-corrected chi connectivity index (χ2v) is 10.8. The van der Waals surface area contributed by atoms with Crippen molar-refractivity contribution in [2.45, 2.75) is 31.6 Å². The van der Waals surface area contributed by atoms with Gasteiger partial charge in [0.05, 0.1) is 22.6 Å². The number of anilines is 1. The van der Waals surface area contributed by atoms with Gasteiger partial charge in [-0.05, 0) is 60.1 Å². The Balaban J connectivity index is 1.48. The fraction of sp³-hybridized carbons (Fsp3) is 0.636. The largest absolute Gasteiger partial charge is 0.463 e. The lowest BCUT2D eigenvalue weighted by molar-refractivity contribution is -0.0839. The van der Waals surface area contributed by atoms with Crippen molar-refractivity contribution in [1.82, 2.24) is 14.9 Å². The summed E-state index contributed by atoms with van der Waals surface area (Å²) in [5.74, 6) is -1.90. The third-order valence-corrected chi connectivity index (χ3v) is 8.10. The topological polar surface area (TPSA) is 41.5 Å². The zero-order valence-corrected chi connectivity index (χ0v) is 20.1. The molecule has 1 aromatic heterocycles. The van der Waals surface area contributed by atoms with E-state index >= 15 is 4.39 Å². The molecule has 3 unspecified atom stereocenters. The van der Waals surface area contributed by atoms with Gasteiger partial charge in [-0.15, -0.1) is 0 Å². The average molecular weight is 534 g/mol. The number of hydrogen-bond acceptors (Lipinski definition) is 5. The molecule has 0 amide bonds. The molecule has 1 saturated carbocycles. The fourth-order valence-corrected chi connectivity index (χ4v) is 6.07. The molecule has 0 radical (unpaired) electrons. The van der Waals surface area contributed by atoms with Gasteiger partial charge in [-0.1, -0.05) is 11.6 Å². The Labute approximate surface area is 198 Å². The molecule has 32 heavy (non-hydrogen) atoms. The average Bonchev–Trinajstić information content (AvgIpc) is 3.06. The highest BCUT2D eigenvalue weighted by Gasteiger charge is 2.39. The zero-order valence-electron chi connectivity index (χ0n) is 17.8. The Bertz CT molecular complexity index is 1030. The minimum absolute atomic E-state index is 0.00934. The van der Waals surface area contributed by atoms with Crippen LogP contribution in [0.3, 0.4) is 0 Å². The van der Waals surface area contributed by atoms with Crippen LogP contribution in [-0.4, -0.2) is 60.6 Å². The minimum atomic E-state index is -2.75. The summed E-state index contributed by atoms with van der Waals surface area (Å²) in [7, 11) is 1.67. The molecule has 0 N–H and O–H groups in total. The van der Waals surface area contributed by atoms with Crippen molar-refractivity contribution < 1.29 is 17.9 Å². The first-order valence-corrected chi connectivity index (χ1v) is 12.1. The molecule has 10 heteroatoms. The molecule has 174 valence electrons. The van der Waals surface area contributed by atoms with Crippen LogP contribution in [0, 0.1) is 23.6 Å². The number of likely N-dealkylation sites (tertiary alicyclic amines) is 1. The smallest absolute Gasteiger partial charge is 0.319 e. The van der Waals surface area contributed by atoms with E-state index in [0.29, 0.717) is 29.6 Å². The SMILES string of the molecule is CN1CC(COc2nc(N3CC4CCC(C4)C3)c3cc(Cl)c(Br)c(F)c3n2)CC(F)(F)C1. The minimum Gasteiger partial charge on any atom is -0.463 e. The molecule has 3 heterocycles. The van der Waals surface area contributed by atoms with E-state index in [2.05, 4.69) is 30.8 Å². The molecule has 2 aliphatic heterocycles. The Hall–Kier alpha value is -1.32. The number of fused-ring (bicyclic) bond motifs is 3. The van der Waals surface area contributed by atoms with E-state index in [1.807, 2.05) is 0 Å². The third-order valence-electron chi connectivity index (χ3n) is 6.80. The molecule has 3 fully saturated rings. The van der Waals surface area contributed by atoms with Gasteiger partial charge in [-0.25, -0.2) is 13.2 Å². The van der Waals surface area contributed by atoms with Crippen LogP contribution in [-0.2, 0) is 0 Å². The zero-order chi connectivity index (χ0) is 22.6. The molecular weight excluding hydrogens is 509 g/mol. The van der Waals surface area contributed by atoms with Crippen LogP contribution in [0.2, 0.25) is 5.02 Å². The van der Waals surface area contributed by atoms with Crippen LogP contribution < -0.4 is 9.64 Å². The number of piperidine rings is 2. The normalized spacial score (nSPS) is 27.8. The van der Waals surface area contributed by atoms with Gasteiger partial charge in [0, 0.05) is 37.4 Å². The number of nitrogens with zero attached hydrogens (tertiary/aromatic N) is 4. The predicted octanol–water partition coefficient (Wildman–Crippen LogP) is 5.39. The molecule has 0 spiro atoms. The number of rotatable bonds is 4. The highest BCUT2D eigenvalue weighted by Crippen LogP contribution is 2.41. The van der Waals surface area contributed by atoms with Crippen LogP contribution in [0.4, 0.5) is 19.0 Å². The monoisotopic (exact) mass is 532 g/mol. The molecule has 5 rings (SSSR count). The number of aromatic nitrogens is 2. The number of ether oxygens (including phenoxy) is 1. The van der Waals surface area contributed by atoms with E-state index in [-0.39, 0.29) is 46.5 Å². The van der Waals surface area contributed by atoms with Crippen molar-refractivity contribution in [3.63, 3.8) is 0 Å². The van der Waals surface area contributed by atoms with E-state index in [4.69, 9.17) is 16.3 Å². The second-order valence-electron chi connectivity index (χ2n) is 9.60. The van der Waals surface area contributed by atoms with Crippen LogP contribution in [0.1, 0.15) is 25.7 Å². The molecule has 1 aromatic carbocycles. The van der Waals surface area contributed by atoms with E-state index in [0.717, 1.165) is 13.1 Å². The van der Waals surface area contributed by atoms with Gasteiger partial charge in [0.25, 0.3) is 5.92 Å². The Morgan fingerprint density at radius 3 is 2.62 bits per heavy atom. The summed E-state index contributed by atoms with van der Waals surface area (Å²) >= 11 is 9.43. The van der Waals surface area contributed by atoms with Gasteiger partial charge < -0.3 is 14.5 Å². The number of benzene rings is 1. The van der Waals surface area contributed by atoms with Crippen molar-refractivity contribution in [2.75, 3.05) is 44.7 Å². The summed E-state index contributed by atoms with van der Waals surface area (Å²) in [4.78, 5) is 12.7. The van der Waals surface area contributed by atoms with Gasteiger partial charge in [0.15, 0.2) is 5.82 Å². The Morgan fingerprint density at radius 1 is 1.22 bits per heavy atom. The van der Waals surface area contributed by atoms with Crippen molar-refractivity contribution >= 4 is 44.3 Å². The maximum absolute atomic E-state index is 15.1.